The maximum absolute atomic E-state index is 10.6. The van der Waals surface area contributed by atoms with Crippen molar-refractivity contribution < 1.29 is 9.84 Å². The Hall–Kier alpha value is -0.900. The van der Waals surface area contributed by atoms with E-state index in [0.29, 0.717) is 44.7 Å². The van der Waals surface area contributed by atoms with E-state index in [4.69, 9.17) is 4.74 Å². The lowest BCUT2D eigenvalue weighted by molar-refractivity contribution is -0.0566. The SMILES string of the molecule is CCNC(=NCC1(O)CCOCC1)NC1CC(C)N(Cc2ccccc2)C1.I. The van der Waals surface area contributed by atoms with Crippen molar-refractivity contribution in [2.45, 2.75) is 57.3 Å². The topological polar surface area (TPSA) is 69.1 Å². The molecule has 2 fully saturated rings. The van der Waals surface area contributed by atoms with Crippen molar-refractivity contribution in [1.29, 1.82) is 0 Å². The molecule has 3 N–H and O–H groups in total. The Kier molecular flexibility index (Phi) is 9.46. The van der Waals surface area contributed by atoms with E-state index in [1.807, 2.05) is 0 Å². The summed E-state index contributed by atoms with van der Waals surface area (Å²) in [6.07, 6.45) is 2.40. The molecule has 158 valence electrons. The first kappa shape index (κ1) is 23.4. The van der Waals surface area contributed by atoms with Crippen molar-refractivity contribution in [1.82, 2.24) is 15.5 Å². The van der Waals surface area contributed by atoms with Crippen LogP contribution in [0.2, 0.25) is 0 Å². The first-order valence-corrected chi connectivity index (χ1v) is 10.2. The van der Waals surface area contributed by atoms with Gasteiger partial charge in [-0.05, 0) is 25.8 Å². The van der Waals surface area contributed by atoms with Crippen LogP contribution >= 0.6 is 24.0 Å². The summed E-state index contributed by atoms with van der Waals surface area (Å²) in [7, 11) is 0. The highest BCUT2D eigenvalue weighted by atomic mass is 127. The highest BCUT2D eigenvalue weighted by molar-refractivity contribution is 14.0. The number of aliphatic hydroxyl groups is 1. The average Bonchev–Trinajstić information content (AvgIpc) is 3.00. The Labute approximate surface area is 186 Å². The summed E-state index contributed by atoms with van der Waals surface area (Å²) in [6.45, 7) is 8.80. The van der Waals surface area contributed by atoms with Crippen molar-refractivity contribution in [3.05, 3.63) is 35.9 Å². The summed E-state index contributed by atoms with van der Waals surface area (Å²) < 4.78 is 5.35. The van der Waals surface area contributed by atoms with Gasteiger partial charge in [0.2, 0.25) is 0 Å². The molecule has 7 heteroatoms. The number of ether oxygens (including phenoxy) is 1. The van der Waals surface area contributed by atoms with E-state index in [-0.39, 0.29) is 24.0 Å². The molecule has 1 aromatic rings. The third-order valence-electron chi connectivity index (χ3n) is 5.57. The number of nitrogens with one attached hydrogen (secondary N) is 2. The first-order valence-electron chi connectivity index (χ1n) is 10.2. The summed E-state index contributed by atoms with van der Waals surface area (Å²) in [5, 5.41) is 17.5. The van der Waals surface area contributed by atoms with Crippen LogP contribution in [0.4, 0.5) is 0 Å². The fourth-order valence-corrected chi connectivity index (χ4v) is 3.89. The largest absolute Gasteiger partial charge is 0.388 e. The molecule has 6 nitrogen and oxygen atoms in total. The van der Waals surface area contributed by atoms with Gasteiger partial charge >= 0.3 is 0 Å². The summed E-state index contributed by atoms with van der Waals surface area (Å²) >= 11 is 0. The Bertz CT molecular complexity index is 608. The Morgan fingerprint density at radius 3 is 2.68 bits per heavy atom. The second kappa shape index (κ2) is 11.3. The first-order chi connectivity index (χ1) is 13.1. The number of benzene rings is 1. The molecule has 1 aromatic carbocycles. The Balaban J connectivity index is 0.00000280. The lowest BCUT2D eigenvalue weighted by Gasteiger charge is -2.30. The zero-order chi connectivity index (χ0) is 19.1. The van der Waals surface area contributed by atoms with Crippen LogP contribution in [0.5, 0.6) is 0 Å². The van der Waals surface area contributed by atoms with Gasteiger partial charge in [0.15, 0.2) is 5.96 Å². The molecule has 0 saturated carbocycles. The smallest absolute Gasteiger partial charge is 0.191 e. The molecule has 2 heterocycles. The molecule has 0 aliphatic carbocycles. The second-order valence-corrected chi connectivity index (χ2v) is 7.87. The van der Waals surface area contributed by atoms with E-state index in [1.54, 1.807) is 0 Å². The fraction of sp³-hybridized carbons (Fsp3) is 0.667. The molecule has 0 amide bonds. The fourth-order valence-electron chi connectivity index (χ4n) is 3.89. The number of nitrogens with zero attached hydrogens (tertiary/aromatic N) is 2. The standard InChI is InChI=1S/C21H34N4O2.HI/c1-3-22-20(23-16-21(26)9-11-27-12-10-21)24-19-13-17(2)25(15-19)14-18-7-5-4-6-8-18;/h4-8,17,19,26H,3,9-16H2,1-2H3,(H2,22,23,24);1H. The molecule has 2 saturated heterocycles. The maximum Gasteiger partial charge on any atom is 0.191 e. The lowest BCUT2D eigenvalue weighted by atomic mass is 9.95. The molecule has 2 aliphatic rings. The molecule has 2 unspecified atom stereocenters. The summed E-state index contributed by atoms with van der Waals surface area (Å²) in [5.74, 6) is 0.802. The minimum atomic E-state index is -0.733. The van der Waals surface area contributed by atoms with E-state index in [2.05, 4.69) is 64.7 Å². The molecule has 0 spiro atoms. The normalized spacial score (nSPS) is 25.2. The molecule has 2 atom stereocenters. The molecule has 0 bridgehead atoms. The summed E-state index contributed by atoms with van der Waals surface area (Å²) in [4.78, 5) is 7.19. The van der Waals surface area contributed by atoms with Crippen molar-refractivity contribution in [3.8, 4) is 0 Å². The number of aliphatic imine (C=N–C) groups is 1. The van der Waals surface area contributed by atoms with Crippen LogP contribution in [0.3, 0.4) is 0 Å². The van der Waals surface area contributed by atoms with Crippen LogP contribution in [0.1, 0.15) is 38.7 Å². The molecule has 3 rings (SSSR count). The molecule has 28 heavy (non-hydrogen) atoms. The van der Waals surface area contributed by atoms with Gasteiger partial charge in [-0.15, -0.1) is 24.0 Å². The zero-order valence-corrected chi connectivity index (χ0v) is 19.4. The van der Waals surface area contributed by atoms with Crippen molar-refractivity contribution in [2.75, 3.05) is 32.8 Å². The third-order valence-corrected chi connectivity index (χ3v) is 5.57. The van der Waals surface area contributed by atoms with E-state index in [0.717, 1.165) is 32.0 Å². The number of hydrogen-bond donors (Lipinski definition) is 3. The van der Waals surface area contributed by atoms with Crippen molar-refractivity contribution in [3.63, 3.8) is 0 Å². The van der Waals surface area contributed by atoms with Gasteiger partial charge in [-0.1, -0.05) is 30.3 Å². The van der Waals surface area contributed by atoms with Crippen molar-refractivity contribution in [2.24, 2.45) is 4.99 Å². The summed E-state index contributed by atoms with van der Waals surface area (Å²) in [6, 6.07) is 11.5. The van der Waals surface area contributed by atoms with Gasteiger partial charge in [-0.3, -0.25) is 9.89 Å². The Morgan fingerprint density at radius 2 is 2.00 bits per heavy atom. The molecule has 0 aromatic heterocycles. The van der Waals surface area contributed by atoms with E-state index >= 15 is 0 Å². The second-order valence-electron chi connectivity index (χ2n) is 7.87. The van der Waals surface area contributed by atoms with Gasteiger partial charge in [0.05, 0.1) is 12.1 Å². The van der Waals surface area contributed by atoms with Gasteiger partial charge in [0.1, 0.15) is 0 Å². The Morgan fingerprint density at radius 1 is 1.29 bits per heavy atom. The van der Waals surface area contributed by atoms with Gasteiger partial charge in [0, 0.05) is 57.8 Å². The minimum Gasteiger partial charge on any atom is -0.388 e. The van der Waals surface area contributed by atoms with Crippen LogP contribution in [0.25, 0.3) is 0 Å². The van der Waals surface area contributed by atoms with Crippen LogP contribution in [0.15, 0.2) is 35.3 Å². The van der Waals surface area contributed by atoms with E-state index < -0.39 is 5.60 Å². The van der Waals surface area contributed by atoms with E-state index in [9.17, 15) is 5.11 Å². The third kappa shape index (κ3) is 6.86. The van der Waals surface area contributed by atoms with E-state index in [1.165, 1.54) is 5.56 Å². The number of hydrogen-bond acceptors (Lipinski definition) is 4. The van der Waals surface area contributed by atoms with Crippen LogP contribution in [-0.2, 0) is 11.3 Å². The van der Waals surface area contributed by atoms with Crippen LogP contribution in [0, 0.1) is 0 Å². The summed E-state index contributed by atoms with van der Waals surface area (Å²) in [5.41, 5.74) is 0.621. The zero-order valence-electron chi connectivity index (χ0n) is 17.1. The highest BCUT2D eigenvalue weighted by Gasteiger charge is 2.31. The number of halogens is 1. The van der Waals surface area contributed by atoms with Gasteiger partial charge < -0.3 is 20.5 Å². The monoisotopic (exact) mass is 502 g/mol. The van der Waals surface area contributed by atoms with Crippen LogP contribution < -0.4 is 10.6 Å². The van der Waals surface area contributed by atoms with Gasteiger partial charge in [-0.2, -0.15) is 0 Å². The van der Waals surface area contributed by atoms with Crippen molar-refractivity contribution >= 4 is 29.9 Å². The number of rotatable bonds is 6. The van der Waals surface area contributed by atoms with Gasteiger partial charge in [-0.25, -0.2) is 0 Å². The molecule has 0 radical (unpaired) electrons. The predicted molar refractivity (Wildman–Crippen MR) is 124 cm³/mol. The average molecular weight is 502 g/mol. The minimum absolute atomic E-state index is 0. The van der Waals surface area contributed by atoms with Crippen LogP contribution in [-0.4, -0.2) is 66.5 Å². The molecular formula is C21H35IN4O2. The maximum atomic E-state index is 10.6. The molecular weight excluding hydrogens is 467 g/mol. The number of guanidine groups is 1. The number of likely N-dealkylation sites (tertiary alicyclic amines) is 1. The lowest BCUT2D eigenvalue weighted by Crippen LogP contribution is -2.46. The molecule has 2 aliphatic heterocycles. The highest BCUT2D eigenvalue weighted by Crippen LogP contribution is 2.22. The van der Waals surface area contributed by atoms with Gasteiger partial charge in [0.25, 0.3) is 0 Å². The predicted octanol–water partition coefficient (Wildman–Crippen LogP) is 2.36. The quantitative estimate of drug-likeness (QED) is 0.317.